The minimum absolute atomic E-state index is 0.159. The van der Waals surface area contributed by atoms with E-state index in [4.69, 9.17) is 40.5 Å². The highest BCUT2D eigenvalue weighted by atomic mass is 16.5. The topological polar surface area (TPSA) is 252 Å². The summed E-state index contributed by atoms with van der Waals surface area (Å²) in [7, 11) is 0. The van der Waals surface area contributed by atoms with Gasteiger partial charge in [0.2, 0.25) is 0 Å². The zero-order valence-corrected chi connectivity index (χ0v) is 60.4. The number of hydrogen-bond donors (Lipinski definition) is 12. The molecule has 0 saturated carbocycles. The molecular weight excluding hydrogens is 1310 g/mol. The second-order valence-corrected chi connectivity index (χ2v) is 27.1. The third-order valence-electron chi connectivity index (χ3n) is 16.6. The Hall–Kier alpha value is -12.7. The van der Waals surface area contributed by atoms with Crippen molar-refractivity contribution in [2.75, 3.05) is 0 Å². The molecule has 0 heterocycles. The molecule has 0 aliphatic carbocycles. The third-order valence-corrected chi connectivity index (χ3v) is 16.6. The molecule has 13 aromatic rings. The number of aryl methyl sites for hydroxylation is 2. The van der Waals surface area contributed by atoms with Crippen molar-refractivity contribution in [1.29, 1.82) is 0 Å². The van der Waals surface area contributed by atoms with E-state index in [0.29, 0.717) is 39.9 Å². The van der Waals surface area contributed by atoms with Crippen LogP contribution in [0.25, 0.3) is 22.3 Å². The van der Waals surface area contributed by atoms with E-state index in [-0.39, 0.29) is 57.3 Å². The molecule has 0 radical (unpaired) electrons. The summed E-state index contributed by atoms with van der Waals surface area (Å²) >= 11 is 0. The first-order chi connectivity index (χ1) is 50.0. The minimum Gasteiger partial charge on any atom is -0.508 e. The van der Waals surface area contributed by atoms with Crippen LogP contribution in [0.2, 0.25) is 0 Å². The van der Waals surface area contributed by atoms with Crippen molar-refractivity contribution in [2.45, 2.75) is 86.0 Å². The highest BCUT2D eigenvalue weighted by molar-refractivity contribution is 5.65. The van der Waals surface area contributed by atoms with Gasteiger partial charge in [-0.3, -0.25) is 0 Å². The Labute approximate surface area is 616 Å². The first-order valence-electron chi connectivity index (χ1n) is 34.2. The van der Waals surface area contributed by atoms with Gasteiger partial charge >= 0.3 is 0 Å². The summed E-state index contributed by atoms with van der Waals surface area (Å²) in [6, 6.07) is 91.5. The van der Waals surface area contributed by atoms with Crippen LogP contribution in [0.3, 0.4) is 0 Å². The first kappa shape index (κ1) is 79.6. The molecule has 0 saturated heterocycles. The van der Waals surface area contributed by atoms with Gasteiger partial charge in [-0.1, -0.05) is 193 Å². The van der Waals surface area contributed by atoms with Crippen LogP contribution in [0.5, 0.6) is 80.5 Å². The van der Waals surface area contributed by atoms with Gasteiger partial charge in [0.1, 0.15) is 80.5 Å². The average Bonchev–Trinajstić information content (AvgIpc) is 0.775. The SMILES string of the molecule is CC(C)(C)CC(C)(C)c1ccc(O)cc1.CC(c1ccc(O)cc1)c1ccc(O)cc1.Cc1cc(Cc2ccc(O)c(C)c2)ccc1O.Oc1ccc(-c2ccc(O)cc2)cc1.Oc1ccc(-c2ccccc2)cc1.Oc1ccc(Cc2ccc(O)cc2)cc1.Oc1ccc(Oc2ccc(O)cc2)cc1. The lowest BCUT2D eigenvalue weighted by molar-refractivity contribution is 0.284. The van der Waals surface area contributed by atoms with Crippen molar-refractivity contribution < 1.29 is 66.0 Å². The number of aromatic hydroxyl groups is 12. The summed E-state index contributed by atoms with van der Waals surface area (Å²) in [5.41, 5.74) is 14.7. The highest BCUT2D eigenvalue weighted by Crippen LogP contribution is 2.37. The molecule has 13 aromatic carbocycles. The van der Waals surface area contributed by atoms with Crippen molar-refractivity contribution in [2.24, 2.45) is 5.41 Å². The zero-order chi connectivity index (χ0) is 76.1. The maximum absolute atomic E-state index is 9.46. The average molecular weight is 1410 g/mol. The fraction of sp³-hybridized carbons (Fsp3) is 0.152. The van der Waals surface area contributed by atoms with Crippen molar-refractivity contribution in [3.8, 4) is 103 Å². The van der Waals surface area contributed by atoms with Crippen LogP contribution < -0.4 is 4.74 Å². The molecule has 540 valence electrons. The summed E-state index contributed by atoms with van der Waals surface area (Å²) in [6.07, 6.45) is 2.74. The lowest BCUT2D eigenvalue weighted by Gasteiger charge is -2.33. The number of phenolic OH excluding ortho intramolecular Hbond substituents is 12. The molecule has 0 aliphatic heterocycles. The van der Waals surface area contributed by atoms with E-state index in [2.05, 4.69) is 41.5 Å². The Morgan fingerprint density at radius 3 is 0.819 bits per heavy atom. The summed E-state index contributed by atoms with van der Waals surface area (Å²) in [5, 5.41) is 110. The molecule has 0 atom stereocenters. The van der Waals surface area contributed by atoms with Gasteiger partial charge in [0, 0.05) is 5.92 Å². The largest absolute Gasteiger partial charge is 0.508 e. The van der Waals surface area contributed by atoms with Gasteiger partial charge in [-0.15, -0.1) is 0 Å². The number of phenols is 12. The van der Waals surface area contributed by atoms with E-state index in [1.807, 2.05) is 166 Å². The lowest BCUT2D eigenvalue weighted by Crippen LogP contribution is -2.24. The van der Waals surface area contributed by atoms with E-state index >= 15 is 0 Å². The molecule has 13 nitrogen and oxygen atoms in total. The lowest BCUT2D eigenvalue weighted by atomic mass is 9.72. The molecule has 12 N–H and O–H groups in total. The van der Waals surface area contributed by atoms with Gasteiger partial charge in [-0.25, -0.2) is 0 Å². The van der Waals surface area contributed by atoms with Crippen molar-refractivity contribution in [1.82, 2.24) is 0 Å². The fourth-order valence-corrected chi connectivity index (χ4v) is 11.2. The van der Waals surface area contributed by atoms with Gasteiger partial charge in [0.25, 0.3) is 0 Å². The molecule has 0 unspecified atom stereocenters. The van der Waals surface area contributed by atoms with Crippen LogP contribution in [0.15, 0.2) is 309 Å². The molecule has 0 spiro atoms. The molecule has 105 heavy (non-hydrogen) atoms. The first-order valence-corrected chi connectivity index (χ1v) is 34.2. The molecule has 13 heteroatoms. The molecule has 0 amide bonds. The van der Waals surface area contributed by atoms with Crippen LogP contribution >= 0.6 is 0 Å². The van der Waals surface area contributed by atoms with Crippen LogP contribution in [-0.2, 0) is 18.3 Å². The van der Waals surface area contributed by atoms with Gasteiger partial charge in [0.05, 0.1) is 0 Å². The maximum Gasteiger partial charge on any atom is 0.127 e. The highest BCUT2D eigenvalue weighted by Gasteiger charge is 2.27. The molecule has 0 aliphatic rings. The van der Waals surface area contributed by atoms with Crippen molar-refractivity contribution in [3.63, 3.8) is 0 Å². The smallest absolute Gasteiger partial charge is 0.127 e. The third kappa shape index (κ3) is 28.0. The summed E-state index contributed by atoms with van der Waals surface area (Å²) in [4.78, 5) is 0. The van der Waals surface area contributed by atoms with E-state index < -0.39 is 0 Å². The normalized spacial score (nSPS) is 10.6. The van der Waals surface area contributed by atoms with Crippen LogP contribution in [0, 0.1) is 19.3 Å². The van der Waals surface area contributed by atoms with Crippen LogP contribution in [0.1, 0.15) is 104 Å². The predicted octanol–water partition coefficient (Wildman–Crippen LogP) is 22.1. The van der Waals surface area contributed by atoms with Gasteiger partial charge < -0.3 is 66.0 Å². The Balaban J connectivity index is 0.000000171. The Morgan fingerprint density at radius 2 is 0.524 bits per heavy atom. The van der Waals surface area contributed by atoms with Crippen molar-refractivity contribution >= 4 is 0 Å². The van der Waals surface area contributed by atoms with E-state index in [9.17, 15) is 25.5 Å². The predicted molar refractivity (Wildman–Crippen MR) is 421 cm³/mol. The van der Waals surface area contributed by atoms with E-state index in [1.165, 1.54) is 11.1 Å². The monoisotopic (exact) mass is 1410 g/mol. The quantitative estimate of drug-likeness (QED) is 0.0545. The van der Waals surface area contributed by atoms with Gasteiger partial charge in [0.15, 0.2) is 0 Å². The Kier molecular flexibility index (Phi) is 29.5. The van der Waals surface area contributed by atoms with Crippen LogP contribution in [0.4, 0.5) is 0 Å². The number of ether oxygens (including phenoxy) is 1. The fourth-order valence-electron chi connectivity index (χ4n) is 11.2. The molecular formula is C92H94O13. The van der Waals surface area contributed by atoms with Gasteiger partial charge in [-0.2, -0.15) is 0 Å². The summed E-state index contributed by atoms with van der Waals surface area (Å²) in [5.74, 6) is 4.87. The number of rotatable bonds is 12. The maximum atomic E-state index is 9.46. The second kappa shape index (κ2) is 38.9. The number of benzene rings is 13. The van der Waals surface area contributed by atoms with E-state index in [0.717, 1.165) is 80.5 Å². The minimum atomic E-state index is 0.159. The number of hydrogen-bond acceptors (Lipinski definition) is 13. The molecule has 0 fully saturated rings. The van der Waals surface area contributed by atoms with Crippen LogP contribution in [-0.4, -0.2) is 61.3 Å². The standard InChI is InChI=1S/C15H16O2.C14H14O2.C14H22O.C13H12O2.C12H10O3.C12H10O2.C12H10O/c1-10-7-12(3-5-14(10)16)9-13-4-6-15(17)11(2)8-13;1-10(11-2-6-13(15)7-3-11)12-4-8-14(16)9-5-12;1-13(2,3)10-14(4,5)11-6-8-12(15)9-7-11;14-12-5-1-10(2-6-12)9-11-3-7-13(15)8-4-11;13-9-1-5-11(6-2-9)15-12-7-3-10(14)4-8-12;13-11-5-1-9(2-6-11)10-3-7-12(14)8-4-10;13-12-8-6-11(7-9-12)10-4-2-1-3-5-10/h3-8,16-17H,9H2,1-2H3;2-10,15-16H,1H3;6-9,15H,10H2,1-5H3;1-8,14-15H,9H2;1-8,13-14H;1-8,13-14H;1-9,13H. The summed E-state index contributed by atoms with van der Waals surface area (Å²) < 4.78 is 5.47. The molecule has 13 rings (SSSR count). The van der Waals surface area contributed by atoms with Gasteiger partial charge in [-0.05, 0) is 274 Å². The summed E-state index contributed by atoms with van der Waals surface area (Å²) in [6.45, 7) is 17.2. The Bertz CT molecular complexity index is 4360. The molecule has 0 aromatic heterocycles. The van der Waals surface area contributed by atoms with Crippen molar-refractivity contribution in [3.05, 3.63) is 359 Å². The zero-order valence-electron chi connectivity index (χ0n) is 60.4. The molecule has 0 bridgehead atoms. The Morgan fingerprint density at radius 1 is 0.276 bits per heavy atom. The van der Waals surface area contributed by atoms with E-state index in [1.54, 1.807) is 158 Å². The second-order valence-electron chi connectivity index (χ2n) is 27.1.